The van der Waals surface area contributed by atoms with Crippen molar-refractivity contribution >= 4 is 11.6 Å². The molecule has 0 aliphatic carbocycles. The van der Waals surface area contributed by atoms with Gasteiger partial charge in [-0.3, -0.25) is 9.59 Å². The quantitative estimate of drug-likeness (QED) is 0.791. The van der Waals surface area contributed by atoms with Crippen molar-refractivity contribution in [2.24, 2.45) is 0 Å². The fraction of sp³-hybridized carbons (Fsp3) is 0.444. The summed E-state index contributed by atoms with van der Waals surface area (Å²) < 4.78 is 6.25. The number of Topliss-reactive ketones (excluding diaryl/α,β-unsaturated/α-hetero) is 1. The lowest BCUT2D eigenvalue weighted by Gasteiger charge is -2.27. The first-order chi connectivity index (χ1) is 12.2. The largest absolute Gasteiger partial charge is 0.481 e. The van der Waals surface area contributed by atoms with Gasteiger partial charge in [-0.15, -0.1) is 0 Å². The molecule has 132 valence electrons. The first-order valence-electron chi connectivity index (χ1n) is 8.49. The highest BCUT2D eigenvalue weighted by Gasteiger charge is 2.14. The van der Waals surface area contributed by atoms with Crippen LogP contribution in [0.1, 0.15) is 24.8 Å². The van der Waals surface area contributed by atoms with Gasteiger partial charge < -0.3 is 9.64 Å². The van der Waals surface area contributed by atoms with E-state index >= 15 is 0 Å². The molecule has 0 aromatic carbocycles. The highest BCUT2D eigenvalue weighted by atomic mass is 16.5. The van der Waals surface area contributed by atoms with Crippen molar-refractivity contribution in [3.63, 3.8) is 0 Å². The van der Waals surface area contributed by atoms with Crippen LogP contribution in [-0.2, 0) is 17.8 Å². The number of hydrogen-bond acceptors (Lipinski definition) is 6. The summed E-state index contributed by atoms with van der Waals surface area (Å²) in [6, 6.07) is 6.73. The summed E-state index contributed by atoms with van der Waals surface area (Å²) in [5.41, 5.74) is 0.521. The predicted octanol–water partition coefficient (Wildman–Crippen LogP) is 1.45. The number of ether oxygens (including phenoxy) is 1. The van der Waals surface area contributed by atoms with Crippen molar-refractivity contribution in [2.45, 2.75) is 32.2 Å². The zero-order valence-corrected chi connectivity index (χ0v) is 14.4. The van der Waals surface area contributed by atoms with Crippen LogP contribution in [0.4, 0.5) is 5.82 Å². The van der Waals surface area contributed by atoms with Crippen LogP contribution in [-0.4, -0.2) is 40.7 Å². The zero-order valence-electron chi connectivity index (χ0n) is 14.4. The van der Waals surface area contributed by atoms with Gasteiger partial charge in [0.15, 0.2) is 5.78 Å². The molecule has 3 heterocycles. The fourth-order valence-electron chi connectivity index (χ4n) is 2.93. The Labute approximate surface area is 146 Å². The van der Waals surface area contributed by atoms with Gasteiger partial charge in [0.1, 0.15) is 12.4 Å². The number of piperidine rings is 1. The molecule has 0 saturated carbocycles. The van der Waals surface area contributed by atoms with Crippen molar-refractivity contribution in [2.75, 3.05) is 25.1 Å². The van der Waals surface area contributed by atoms with Gasteiger partial charge in [-0.2, -0.15) is 5.10 Å². The minimum Gasteiger partial charge on any atom is -0.481 e. The zero-order chi connectivity index (χ0) is 17.6. The number of ketones is 1. The van der Waals surface area contributed by atoms with Crippen molar-refractivity contribution < 1.29 is 9.53 Å². The van der Waals surface area contributed by atoms with Crippen LogP contribution >= 0.6 is 0 Å². The molecule has 1 aliphatic heterocycles. The molecule has 7 heteroatoms. The van der Waals surface area contributed by atoms with E-state index in [9.17, 15) is 9.59 Å². The van der Waals surface area contributed by atoms with E-state index in [1.807, 2.05) is 0 Å². The maximum absolute atomic E-state index is 12.3. The fourth-order valence-corrected chi connectivity index (χ4v) is 2.93. The van der Waals surface area contributed by atoms with Gasteiger partial charge in [-0.25, -0.2) is 9.67 Å². The van der Waals surface area contributed by atoms with Gasteiger partial charge >= 0.3 is 0 Å². The third kappa shape index (κ3) is 4.43. The van der Waals surface area contributed by atoms with E-state index in [2.05, 4.69) is 15.0 Å². The predicted molar refractivity (Wildman–Crippen MR) is 94.1 cm³/mol. The SMILES string of the molecule is COc1ccc(CC(=O)Cn2nc(N3CCCCC3)ccc2=O)cn1. The Morgan fingerprint density at radius 1 is 1.16 bits per heavy atom. The third-order valence-corrected chi connectivity index (χ3v) is 4.27. The van der Waals surface area contributed by atoms with E-state index in [1.54, 1.807) is 31.5 Å². The third-order valence-electron chi connectivity index (χ3n) is 4.27. The molecule has 1 saturated heterocycles. The molecule has 1 fully saturated rings. The van der Waals surface area contributed by atoms with Gasteiger partial charge in [0.05, 0.1) is 7.11 Å². The van der Waals surface area contributed by atoms with Crippen molar-refractivity contribution in [1.82, 2.24) is 14.8 Å². The maximum Gasteiger partial charge on any atom is 0.267 e. The van der Waals surface area contributed by atoms with Gasteiger partial charge in [0, 0.05) is 37.8 Å². The molecular formula is C18H22N4O3. The number of hydrogen-bond donors (Lipinski definition) is 0. The van der Waals surface area contributed by atoms with Crippen LogP contribution in [0.15, 0.2) is 35.3 Å². The van der Waals surface area contributed by atoms with Crippen LogP contribution < -0.4 is 15.2 Å². The van der Waals surface area contributed by atoms with Gasteiger partial charge in [0.2, 0.25) is 5.88 Å². The molecule has 0 unspecified atom stereocenters. The molecule has 0 N–H and O–H groups in total. The standard InChI is InChI=1S/C18H22N4O3/c1-25-17-7-5-14(12-19-17)11-15(23)13-22-18(24)8-6-16(20-22)21-9-3-2-4-10-21/h5-8,12H,2-4,9-11,13H2,1H3. The maximum atomic E-state index is 12.3. The highest BCUT2D eigenvalue weighted by Crippen LogP contribution is 2.15. The Morgan fingerprint density at radius 2 is 1.96 bits per heavy atom. The molecule has 0 radical (unpaired) electrons. The molecule has 2 aromatic heterocycles. The molecule has 1 aliphatic rings. The van der Waals surface area contributed by atoms with E-state index in [-0.39, 0.29) is 24.3 Å². The Kier molecular flexibility index (Phi) is 5.42. The number of carbonyl (C=O) groups excluding carboxylic acids is 1. The highest BCUT2D eigenvalue weighted by molar-refractivity contribution is 5.80. The Morgan fingerprint density at radius 3 is 2.64 bits per heavy atom. The number of methoxy groups -OCH3 is 1. The topological polar surface area (TPSA) is 77.3 Å². The van der Waals surface area contributed by atoms with Crippen molar-refractivity contribution in [1.29, 1.82) is 0 Å². The molecule has 3 rings (SSSR count). The smallest absolute Gasteiger partial charge is 0.267 e. The summed E-state index contributed by atoms with van der Waals surface area (Å²) in [5.74, 6) is 1.18. The number of nitrogens with zero attached hydrogens (tertiary/aromatic N) is 4. The molecule has 25 heavy (non-hydrogen) atoms. The minimum absolute atomic E-state index is 0.0352. The molecule has 0 bridgehead atoms. The summed E-state index contributed by atoms with van der Waals surface area (Å²) in [4.78, 5) is 30.6. The lowest BCUT2D eigenvalue weighted by molar-refractivity contribution is -0.119. The summed E-state index contributed by atoms with van der Waals surface area (Å²) in [5, 5.41) is 4.38. The summed E-state index contributed by atoms with van der Waals surface area (Å²) in [7, 11) is 1.54. The molecule has 0 amide bonds. The normalized spacial score (nSPS) is 14.4. The first-order valence-corrected chi connectivity index (χ1v) is 8.49. The molecular weight excluding hydrogens is 320 g/mol. The van der Waals surface area contributed by atoms with Crippen molar-refractivity contribution in [3.05, 3.63) is 46.4 Å². The van der Waals surface area contributed by atoms with E-state index in [0.717, 1.165) is 37.3 Å². The van der Waals surface area contributed by atoms with E-state index in [1.165, 1.54) is 17.2 Å². The monoisotopic (exact) mass is 342 g/mol. The second kappa shape index (κ2) is 7.92. The van der Waals surface area contributed by atoms with Crippen LogP contribution in [0.3, 0.4) is 0 Å². The van der Waals surface area contributed by atoms with Gasteiger partial charge in [-0.1, -0.05) is 6.07 Å². The molecule has 0 spiro atoms. The Bertz CT molecular complexity index is 780. The van der Waals surface area contributed by atoms with Gasteiger partial charge in [0.25, 0.3) is 5.56 Å². The summed E-state index contributed by atoms with van der Waals surface area (Å²) in [6.07, 6.45) is 5.30. The second-order valence-electron chi connectivity index (χ2n) is 6.16. The Balaban J connectivity index is 1.68. The number of carbonyl (C=O) groups is 1. The first kappa shape index (κ1) is 17.1. The number of anilines is 1. The number of aromatic nitrogens is 3. The average molecular weight is 342 g/mol. The van der Waals surface area contributed by atoms with E-state index in [0.29, 0.717) is 5.88 Å². The minimum atomic E-state index is -0.262. The lowest BCUT2D eigenvalue weighted by atomic mass is 10.1. The van der Waals surface area contributed by atoms with Crippen LogP contribution in [0, 0.1) is 0 Å². The lowest BCUT2D eigenvalue weighted by Crippen LogP contribution is -2.34. The molecule has 7 nitrogen and oxygen atoms in total. The van der Waals surface area contributed by atoms with Crippen LogP contribution in [0.2, 0.25) is 0 Å². The van der Waals surface area contributed by atoms with Crippen molar-refractivity contribution in [3.8, 4) is 5.88 Å². The molecule has 2 aromatic rings. The summed E-state index contributed by atoms with van der Waals surface area (Å²) in [6.45, 7) is 1.85. The van der Waals surface area contributed by atoms with Gasteiger partial charge in [-0.05, 0) is 30.9 Å². The number of rotatable bonds is 6. The molecule has 0 atom stereocenters. The Hall–Kier alpha value is -2.70. The summed E-state index contributed by atoms with van der Waals surface area (Å²) >= 11 is 0. The second-order valence-corrected chi connectivity index (χ2v) is 6.16. The van der Waals surface area contributed by atoms with Crippen LogP contribution in [0.5, 0.6) is 5.88 Å². The average Bonchev–Trinajstić information content (AvgIpc) is 2.65. The van der Waals surface area contributed by atoms with E-state index < -0.39 is 0 Å². The number of pyridine rings is 1. The van der Waals surface area contributed by atoms with Crippen LogP contribution in [0.25, 0.3) is 0 Å². The van der Waals surface area contributed by atoms with E-state index in [4.69, 9.17) is 4.74 Å².